The van der Waals surface area contributed by atoms with Crippen LogP contribution in [0.25, 0.3) is 0 Å². The second-order valence-electron chi connectivity index (χ2n) is 4.72. The molecular formula is C15H20ClFN2O. The van der Waals surface area contributed by atoms with Gasteiger partial charge in [0.1, 0.15) is 0 Å². The molecule has 0 aromatic carbocycles. The smallest absolute Gasteiger partial charge is 0.156 e. The first-order valence-corrected chi connectivity index (χ1v) is 7.02. The van der Waals surface area contributed by atoms with E-state index >= 15 is 0 Å². The molecule has 1 aliphatic heterocycles. The Morgan fingerprint density at radius 2 is 2.05 bits per heavy atom. The Bertz CT molecular complexity index is 445. The molecule has 1 fully saturated rings. The fourth-order valence-electron chi connectivity index (χ4n) is 2.29. The van der Waals surface area contributed by atoms with Crippen molar-refractivity contribution < 1.29 is 9.50 Å². The lowest BCUT2D eigenvalue weighted by atomic mass is 9.90. The third-order valence-electron chi connectivity index (χ3n) is 3.34. The van der Waals surface area contributed by atoms with Crippen LogP contribution in [0.1, 0.15) is 30.5 Å². The number of aromatic nitrogens is 1. The molecule has 1 aliphatic rings. The lowest BCUT2D eigenvalue weighted by Gasteiger charge is -2.30. The molecular weight excluding hydrogens is 279 g/mol. The van der Waals surface area contributed by atoms with Crippen LogP contribution in [0.15, 0.2) is 12.3 Å². The van der Waals surface area contributed by atoms with Gasteiger partial charge in [-0.1, -0.05) is 11.6 Å². The van der Waals surface area contributed by atoms with Crippen molar-refractivity contribution in [3.05, 3.63) is 28.5 Å². The number of terminal acetylenes is 1. The number of nitrogens with one attached hydrogen (secondary N) is 1. The van der Waals surface area contributed by atoms with Crippen LogP contribution in [0, 0.1) is 12.8 Å². The molecule has 3 nitrogen and oxygen atoms in total. The summed E-state index contributed by atoms with van der Waals surface area (Å²) in [6.45, 7) is 1.44. The topological polar surface area (TPSA) is 45.2 Å². The van der Waals surface area contributed by atoms with Gasteiger partial charge in [0.05, 0.1) is 10.7 Å². The molecule has 20 heavy (non-hydrogen) atoms. The first-order chi connectivity index (χ1) is 9.65. The Morgan fingerprint density at radius 1 is 1.40 bits per heavy atom. The molecule has 0 amide bonds. The van der Waals surface area contributed by atoms with Crippen molar-refractivity contribution in [1.82, 2.24) is 10.3 Å². The number of piperidine rings is 1. The number of halogens is 2. The third kappa shape index (κ3) is 4.17. The van der Waals surface area contributed by atoms with Crippen LogP contribution in [0.5, 0.6) is 0 Å². The molecule has 0 saturated carbocycles. The summed E-state index contributed by atoms with van der Waals surface area (Å²) in [7, 11) is 0. The van der Waals surface area contributed by atoms with Gasteiger partial charge in [-0.2, -0.15) is 0 Å². The van der Waals surface area contributed by atoms with Gasteiger partial charge in [-0.05, 0) is 50.4 Å². The van der Waals surface area contributed by atoms with Crippen molar-refractivity contribution in [2.24, 2.45) is 0 Å². The van der Waals surface area contributed by atoms with Gasteiger partial charge in [0, 0.05) is 12.8 Å². The molecule has 0 bridgehead atoms. The summed E-state index contributed by atoms with van der Waals surface area (Å²) < 4.78 is 14.7. The van der Waals surface area contributed by atoms with Crippen molar-refractivity contribution in [3.63, 3.8) is 0 Å². The summed E-state index contributed by atoms with van der Waals surface area (Å²) >= 11 is 6.15. The molecule has 2 rings (SSSR count). The maximum absolute atomic E-state index is 14.7. The normalized spacial score (nSPS) is 17.1. The molecule has 1 aromatic rings. The number of hydrogen-bond acceptors (Lipinski definition) is 3. The van der Waals surface area contributed by atoms with Crippen molar-refractivity contribution in [3.8, 4) is 12.8 Å². The van der Waals surface area contributed by atoms with Gasteiger partial charge in [0.15, 0.2) is 5.67 Å². The van der Waals surface area contributed by atoms with Gasteiger partial charge >= 0.3 is 0 Å². The van der Waals surface area contributed by atoms with Crippen molar-refractivity contribution in [1.29, 1.82) is 0 Å². The van der Waals surface area contributed by atoms with E-state index in [9.17, 15) is 4.39 Å². The zero-order valence-corrected chi connectivity index (χ0v) is 12.2. The number of aliphatic hydroxyl groups excluding tert-OH is 1. The van der Waals surface area contributed by atoms with Gasteiger partial charge < -0.3 is 10.4 Å². The number of aliphatic hydroxyl groups is 1. The molecule has 1 aromatic heterocycles. The van der Waals surface area contributed by atoms with Crippen LogP contribution < -0.4 is 5.32 Å². The molecule has 1 saturated heterocycles. The van der Waals surface area contributed by atoms with Gasteiger partial charge in [-0.25, -0.2) is 4.39 Å². The Morgan fingerprint density at radius 3 is 2.60 bits per heavy atom. The fourth-order valence-corrected chi connectivity index (χ4v) is 2.65. The largest absolute Gasteiger partial charge is 0.396 e. The monoisotopic (exact) mass is 298 g/mol. The highest BCUT2D eigenvalue weighted by Gasteiger charge is 2.36. The fraction of sp³-hybridized carbons (Fsp3) is 0.533. The van der Waals surface area contributed by atoms with E-state index in [0.29, 0.717) is 49.5 Å². The quantitative estimate of drug-likeness (QED) is 0.839. The zero-order chi connectivity index (χ0) is 15.0. The van der Waals surface area contributed by atoms with E-state index in [1.807, 2.05) is 0 Å². The first-order valence-electron chi connectivity index (χ1n) is 6.64. The number of alkyl halides is 1. The summed E-state index contributed by atoms with van der Waals surface area (Å²) in [5.74, 6) is 0. The SMILES string of the molecule is C#C.OCCCc1cnc(C2(F)CCNCC2)c(Cl)c1. The molecule has 0 spiro atoms. The molecule has 2 N–H and O–H groups in total. The summed E-state index contributed by atoms with van der Waals surface area (Å²) in [4.78, 5) is 4.21. The van der Waals surface area contributed by atoms with E-state index in [0.717, 1.165) is 5.56 Å². The van der Waals surface area contributed by atoms with Crippen LogP contribution >= 0.6 is 11.6 Å². The standard InChI is InChI=1S/C13H18ClFN2O.C2H2/c14-11-8-10(2-1-7-18)9-17-12(11)13(15)3-5-16-6-4-13;1-2/h8-9,16,18H,1-7H2;1-2H. The highest BCUT2D eigenvalue weighted by atomic mass is 35.5. The van der Waals surface area contributed by atoms with Gasteiger partial charge in [-0.15, -0.1) is 12.8 Å². The van der Waals surface area contributed by atoms with E-state index in [1.165, 1.54) is 0 Å². The molecule has 110 valence electrons. The average molecular weight is 299 g/mol. The van der Waals surface area contributed by atoms with E-state index in [2.05, 4.69) is 23.1 Å². The highest BCUT2D eigenvalue weighted by molar-refractivity contribution is 6.31. The summed E-state index contributed by atoms with van der Waals surface area (Å²) in [6.07, 6.45) is 11.9. The van der Waals surface area contributed by atoms with Crippen LogP contribution in [0.3, 0.4) is 0 Å². The minimum Gasteiger partial charge on any atom is -0.396 e. The molecule has 0 aliphatic carbocycles. The van der Waals surface area contributed by atoms with Crippen LogP contribution in [0.4, 0.5) is 4.39 Å². The van der Waals surface area contributed by atoms with Gasteiger partial charge in [-0.3, -0.25) is 4.98 Å². The minimum atomic E-state index is -1.40. The second kappa shape index (κ2) is 8.21. The Kier molecular flexibility index (Phi) is 6.94. The molecule has 0 radical (unpaired) electrons. The van der Waals surface area contributed by atoms with Gasteiger partial charge in [0.25, 0.3) is 0 Å². The number of nitrogens with zero attached hydrogens (tertiary/aromatic N) is 1. The van der Waals surface area contributed by atoms with E-state index in [-0.39, 0.29) is 6.61 Å². The molecule has 0 atom stereocenters. The summed E-state index contributed by atoms with van der Waals surface area (Å²) in [5, 5.41) is 12.3. The molecule has 5 heteroatoms. The predicted molar refractivity (Wildman–Crippen MR) is 79.4 cm³/mol. The lowest BCUT2D eigenvalue weighted by Crippen LogP contribution is -2.37. The maximum atomic E-state index is 14.7. The van der Waals surface area contributed by atoms with Crippen LogP contribution in [0.2, 0.25) is 5.02 Å². The third-order valence-corrected chi connectivity index (χ3v) is 3.63. The summed E-state index contributed by atoms with van der Waals surface area (Å²) in [6, 6.07) is 1.77. The second-order valence-corrected chi connectivity index (χ2v) is 5.12. The number of rotatable bonds is 4. The molecule has 2 heterocycles. The Labute approximate surface area is 124 Å². The number of pyridine rings is 1. The van der Waals surface area contributed by atoms with Crippen LogP contribution in [-0.2, 0) is 12.1 Å². The predicted octanol–water partition coefficient (Wildman–Crippen LogP) is 2.46. The Balaban J connectivity index is 0.000000956. The van der Waals surface area contributed by atoms with E-state index in [1.54, 1.807) is 12.3 Å². The maximum Gasteiger partial charge on any atom is 0.156 e. The lowest BCUT2D eigenvalue weighted by molar-refractivity contribution is 0.110. The first kappa shape index (κ1) is 16.9. The number of aryl methyl sites for hydroxylation is 1. The average Bonchev–Trinajstić information content (AvgIpc) is 2.48. The van der Waals surface area contributed by atoms with Gasteiger partial charge in [0.2, 0.25) is 0 Å². The van der Waals surface area contributed by atoms with Crippen molar-refractivity contribution >= 4 is 11.6 Å². The number of hydrogen-bond donors (Lipinski definition) is 2. The van der Waals surface area contributed by atoms with E-state index < -0.39 is 5.67 Å². The van der Waals surface area contributed by atoms with Crippen molar-refractivity contribution in [2.75, 3.05) is 19.7 Å². The van der Waals surface area contributed by atoms with E-state index in [4.69, 9.17) is 16.7 Å². The summed E-state index contributed by atoms with van der Waals surface area (Å²) in [5.41, 5.74) is -0.105. The minimum absolute atomic E-state index is 0.137. The zero-order valence-electron chi connectivity index (χ0n) is 11.4. The molecule has 0 unspecified atom stereocenters. The van der Waals surface area contributed by atoms with Crippen LogP contribution in [-0.4, -0.2) is 29.8 Å². The Hall–Kier alpha value is -1.15. The van der Waals surface area contributed by atoms with Crippen molar-refractivity contribution in [2.45, 2.75) is 31.4 Å². The highest BCUT2D eigenvalue weighted by Crippen LogP contribution is 2.37.